The second-order valence-corrected chi connectivity index (χ2v) is 6.29. The lowest BCUT2D eigenvalue weighted by atomic mass is 9.97. The van der Waals surface area contributed by atoms with Crippen LogP contribution in [0.2, 0.25) is 0 Å². The third kappa shape index (κ3) is 3.02. The molecule has 20 heavy (non-hydrogen) atoms. The predicted molar refractivity (Wildman–Crippen MR) is 93.7 cm³/mol. The van der Waals surface area contributed by atoms with Crippen molar-refractivity contribution < 1.29 is 0 Å². The SMILES string of the molecule is NC(Cc1ccc(I)cc1)c1ccc2ccccc2c1. The first-order valence-corrected chi connectivity index (χ1v) is 7.79. The lowest BCUT2D eigenvalue weighted by Gasteiger charge is -2.13. The molecular weight excluding hydrogens is 357 g/mol. The van der Waals surface area contributed by atoms with E-state index in [-0.39, 0.29) is 6.04 Å². The second kappa shape index (κ2) is 5.94. The van der Waals surface area contributed by atoms with Crippen molar-refractivity contribution in [3.05, 3.63) is 81.4 Å². The van der Waals surface area contributed by atoms with Gasteiger partial charge in [0.25, 0.3) is 0 Å². The van der Waals surface area contributed by atoms with Gasteiger partial charge in [0, 0.05) is 9.61 Å². The molecule has 1 atom stereocenters. The summed E-state index contributed by atoms with van der Waals surface area (Å²) in [5.74, 6) is 0. The molecule has 2 N–H and O–H groups in total. The van der Waals surface area contributed by atoms with Gasteiger partial charge in [-0.25, -0.2) is 0 Å². The van der Waals surface area contributed by atoms with Crippen molar-refractivity contribution in [1.82, 2.24) is 0 Å². The van der Waals surface area contributed by atoms with Crippen LogP contribution in [-0.4, -0.2) is 0 Å². The second-order valence-electron chi connectivity index (χ2n) is 5.04. The number of halogens is 1. The molecule has 1 nitrogen and oxygen atoms in total. The Kier molecular flexibility index (Phi) is 4.03. The van der Waals surface area contributed by atoms with Crippen LogP contribution in [0.5, 0.6) is 0 Å². The highest BCUT2D eigenvalue weighted by atomic mass is 127. The van der Waals surface area contributed by atoms with Crippen LogP contribution in [-0.2, 0) is 6.42 Å². The highest BCUT2D eigenvalue weighted by molar-refractivity contribution is 14.1. The van der Waals surface area contributed by atoms with Crippen LogP contribution in [0.1, 0.15) is 17.2 Å². The van der Waals surface area contributed by atoms with Crippen LogP contribution in [0.4, 0.5) is 0 Å². The van der Waals surface area contributed by atoms with E-state index in [2.05, 4.69) is 89.3 Å². The quantitative estimate of drug-likeness (QED) is 0.663. The molecule has 0 radical (unpaired) electrons. The molecule has 0 saturated carbocycles. The number of fused-ring (bicyclic) bond motifs is 1. The molecule has 100 valence electrons. The normalized spacial score (nSPS) is 12.5. The fraction of sp³-hybridized carbons (Fsp3) is 0.111. The van der Waals surface area contributed by atoms with E-state index in [9.17, 15) is 0 Å². The van der Waals surface area contributed by atoms with Gasteiger partial charge in [0.15, 0.2) is 0 Å². The molecule has 0 aliphatic rings. The summed E-state index contributed by atoms with van der Waals surface area (Å²) in [7, 11) is 0. The maximum Gasteiger partial charge on any atom is 0.0335 e. The first kappa shape index (κ1) is 13.6. The average Bonchev–Trinajstić information content (AvgIpc) is 2.49. The lowest BCUT2D eigenvalue weighted by Crippen LogP contribution is -2.13. The average molecular weight is 373 g/mol. The molecule has 0 saturated heterocycles. The zero-order valence-corrected chi connectivity index (χ0v) is 13.2. The fourth-order valence-electron chi connectivity index (χ4n) is 2.43. The lowest BCUT2D eigenvalue weighted by molar-refractivity contribution is 0.723. The van der Waals surface area contributed by atoms with Crippen LogP contribution in [0.3, 0.4) is 0 Å². The maximum absolute atomic E-state index is 6.35. The molecule has 3 aromatic rings. The van der Waals surface area contributed by atoms with Crippen molar-refractivity contribution in [2.75, 3.05) is 0 Å². The number of hydrogen-bond acceptors (Lipinski definition) is 1. The van der Waals surface area contributed by atoms with Crippen LogP contribution >= 0.6 is 22.6 Å². The smallest absolute Gasteiger partial charge is 0.0335 e. The molecule has 0 bridgehead atoms. The minimum atomic E-state index is 0.0414. The Morgan fingerprint density at radius 1 is 0.850 bits per heavy atom. The zero-order valence-electron chi connectivity index (χ0n) is 11.1. The molecule has 0 aromatic heterocycles. The van der Waals surface area contributed by atoms with Gasteiger partial charge in [-0.15, -0.1) is 0 Å². The van der Waals surface area contributed by atoms with Crippen molar-refractivity contribution in [1.29, 1.82) is 0 Å². The Balaban J connectivity index is 1.84. The monoisotopic (exact) mass is 373 g/mol. The Morgan fingerprint density at radius 2 is 1.55 bits per heavy atom. The molecule has 0 amide bonds. The van der Waals surface area contributed by atoms with E-state index in [0.29, 0.717) is 0 Å². The fourth-order valence-corrected chi connectivity index (χ4v) is 2.79. The number of hydrogen-bond donors (Lipinski definition) is 1. The van der Waals surface area contributed by atoms with Crippen molar-refractivity contribution in [3.63, 3.8) is 0 Å². The van der Waals surface area contributed by atoms with E-state index in [0.717, 1.165) is 6.42 Å². The van der Waals surface area contributed by atoms with Crippen molar-refractivity contribution in [2.24, 2.45) is 5.73 Å². The number of rotatable bonds is 3. The third-order valence-electron chi connectivity index (χ3n) is 3.57. The maximum atomic E-state index is 6.35. The minimum absolute atomic E-state index is 0.0414. The van der Waals surface area contributed by atoms with Gasteiger partial charge < -0.3 is 5.73 Å². The largest absolute Gasteiger partial charge is 0.324 e. The van der Waals surface area contributed by atoms with E-state index in [1.165, 1.54) is 25.5 Å². The van der Waals surface area contributed by atoms with Crippen molar-refractivity contribution in [2.45, 2.75) is 12.5 Å². The number of benzene rings is 3. The highest BCUT2D eigenvalue weighted by Gasteiger charge is 2.07. The van der Waals surface area contributed by atoms with Gasteiger partial charge in [0.05, 0.1) is 0 Å². The Morgan fingerprint density at radius 3 is 2.30 bits per heavy atom. The Hall–Kier alpha value is -1.39. The zero-order chi connectivity index (χ0) is 13.9. The van der Waals surface area contributed by atoms with Gasteiger partial charge in [-0.1, -0.05) is 48.5 Å². The van der Waals surface area contributed by atoms with Gasteiger partial charge in [-0.2, -0.15) is 0 Å². The van der Waals surface area contributed by atoms with E-state index in [1.54, 1.807) is 0 Å². The first-order chi connectivity index (χ1) is 9.72. The van der Waals surface area contributed by atoms with Crippen LogP contribution in [0.25, 0.3) is 10.8 Å². The van der Waals surface area contributed by atoms with Crippen molar-refractivity contribution in [3.8, 4) is 0 Å². The van der Waals surface area contributed by atoms with Crippen molar-refractivity contribution >= 4 is 33.4 Å². The van der Waals surface area contributed by atoms with E-state index < -0.39 is 0 Å². The Labute approximate surface area is 133 Å². The van der Waals surface area contributed by atoms with Gasteiger partial charge in [-0.3, -0.25) is 0 Å². The summed E-state index contributed by atoms with van der Waals surface area (Å²) in [6.45, 7) is 0. The van der Waals surface area contributed by atoms with Gasteiger partial charge >= 0.3 is 0 Å². The third-order valence-corrected chi connectivity index (χ3v) is 4.29. The number of nitrogens with two attached hydrogens (primary N) is 1. The van der Waals surface area contributed by atoms with E-state index in [1.807, 2.05) is 0 Å². The summed E-state index contributed by atoms with van der Waals surface area (Å²) in [6.07, 6.45) is 0.870. The molecular formula is C18H16IN. The van der Waals surface area contributed by atoms with Gasteiger partial charge in [0.2, 0.25) is 0 Å². The molecule has 2 heteroatoms. The summed E-state index contributed by atoms with van der Waals surface area (Å²) in [5.41, 5.74) is 8.83. The molecule has 0 fully saturated rings. The topological polar surface area (TPSA) is 26.0 Å². The van der Waals surface area contributed by atoms with Crippen LogP contribution in [0.15, 0.2) is 66.7 Å². The Bertz CT molecular complexity index is 719. The first-order valence-electron chi connectivity index (χ1n) is 6.71. The highest BCUT2D eigenvalue weighted by Crippen LogP contribution is 2.22. The molecule has 0 aliphatic heterocycles. The molecule has 1 unspecified atom stereocenters. The van der Waals surface area contributed by atoms with E-state index >= 15 is 0 Å². The predicted octanol–water partition coefficient (Wildman–Crippen LogP) is 4.69. The summed E-state index contributed by atoms with van der Waals surface area (Å²) < 4.78 is 1.26. The summed E-state index contributed by atoms with van der Waals surface area (Å²) in [5, 5.41) is 2.51. The van der Waals surface area contributed by atoms with Crippen LogP contribution in [0, 0.1) is 3.57 Å². The van der Waals surface area contributed by atoms with Gasteiger partial charge in [0.1, 0.15) is 0 Å². The summed E-state index contributed by atoms with van der Waals surface area (Å²) >= 11 is 2.32. The molecule has 0 heterocycles. The van der Waals surface area contributed by atoms with Gasteiger partial charge in [-0.05, 0) is 69.1 Å². The minimum Gasteiger partial charge on any atom is -0.324 e. The molecule has 0 spiro atoms. The molecule has 0 aliphatic carbocycles. The summed E-state index contributed by atoms with van der Waals surface area (Å²) in [4.78, 5) is 0. The standard InChI is InChI=1S/C18H16IN/c19-17-9-5-13(6-10-17)11-18(20)16-8-7-14-3-1-2-4-15(14)12-16/h1-10,12,18H,11,20H2. The molecule has 3 aromatic carbocycles. The van der Waals surface area contributed by atoms with E-state index in [4.69, 9.17) is 5.73 Å². The molecule has 3 rings (SSSR count). The summed E-state index contributed by atoms with van der Waals surface area (Å²) in [6, 6.07) is 23.5. The van der Waals surface area contributed by atoms with Crippen LogP contribution < -0.4 is 5.73 Å².